The second-order valence-electron chi connectivity index (χ2n) is 10.3. The van der Waals surface area contributed by atoms with Crippen LogP contribution in [0.1, 0.15) is 85.1 Å². The third-order valence-corrected chi connectivity index (χ3v) is 6.32. The van der Waals surface area contributed by atoms with Crippen LogP contribution in [0.15, 0.2) is 66.7 Å². The highest BCUT2D eigenvalue weighted by Gasteiger charge is 2.30. The molecule has 0 amide bonds. The Kier molecular flexibility index (Phi) is 9.08. The standard InChI is InChI=1S/C32H38O4/c1-7-12-23-15-17-25(18-16-23)30(33)36-29-22(3)19-26(32(4,5)6)21-27(29)28(31(34)35-8-2)20-24-13-10-9-11-14-24/h9-11,13-19,21,28H,7-8,12,20H2,1-6H3. The molecule has 4 heteroatoms. The Labute approximate surface area is 215 Å². The molecule has 0 saturated heterocycles. The molecule has 4 nitrogen and oxygen atoms in total. The van der Waals surface area contributed by atoms with Crippen molar-refractivity contribution in [1.82, 2.24) is 0 Å². The number of carbonyl (C=O) groups excluding carboxylic acids is 2. The molecule has 3 aromatic carbocycles. The summed E-state index contributed by atoms with van der Waals surface area (Å²) >= 11 is 0. The molecule has 0 saturated carbocycles. The van der Waals surface area contributed by atoms with Crippen molar-refractivity contribution in [3.05, 3.63) is 100 Å². The zero-order valence-corrected chi connectivity index (χ0v) is 22.4. The highest BCUT2D eigenvalue weighted by Crippen LogP contribution is 2.38. The Hall–Kier alpha value is -3.40. The van der Waals surface area contributed by atoms with Crippen molar-refractivity contribution in [2.24, 2.45) is 0 Å². The summed E-state index contributed by atoms with van der Waals surface area (Å²) in [5.74, 6) is -0.941. The van der Waals surface area contributed by atoms with Gasteiger partial charge < -0.3 is 9.47 Å². The Balaban J connectivity index is 2.08. The maximum atomic E-state index is 13.3. The summed E-state index contributed by atoms with van der Waals surface area (Å²) < 4.78 is 11.5. The number of carbonyl (C=O) groups is 2. The van der Waals surface area contributed by atoms with Gasteiger partial charge in [-0.1, -0.05) is 88.7 Å². The number of esters is 2. The highest BCUT2D eigenvalue weighted by molar-refractivity contribution is 5.92. The smallest absolute Gasteiger partial charge is 0.343 e. The van der Waals surface area contributed by atoms with Gasteiger partial charge in [-0.25, -0.2) is 4.79 Å². The maximum absolute atomic E-state index is 13.3. The second-order valence-corrected chi connectivity index (χ2v) is 10.3. The van der Waals surface area contributed by atoms with E-state index in [0.717, 1.165) is 29.5 Å². The molecule has 1 atom stereocenters. The van der Waals surface area contributed by atoms with Crippen molar-refractivity contribution in [3.63, 3.8) is 0 Å². The predicted octanol–water partition coefficient (Wildman–Crippen LogP) is 7.35. The summed E-state index contributed by atoms with van der Waals surface area (Å²) in [7, 11) is 0. The Morgan fingerprint density at radius 3 is 2.14 bits per heavy atom. The minimum atomic E-state index is -0.608. The van der Waals surface area contributed by atoms with Crippen LogP contribution in [-0.4, -0.2) is 18.5 Å². The quantitative estimate of drug-likeness (QED) is 0.234. The molecule has 0 aliphatic heterocycles. The average molecular weight is 487 g/mol. The van der Waals surface area contributed by atoms with Crippen LogP contribution in [0.3, 0.4) is 0 Å². The molecule has 0 N–H and O–H groups in total. The number of benzene rings is 3. The first kappa shape index (κ1) is 27.2. The first-order valence-corrected chi connectivity index (χ1v) is 12.8. The zero-order chi connectivity index (χ0) is 26.3. The van der Waals surface area contributed by atoms with Gasteiger partial charge in [-0.05, 0) is 66.5 Å². The van der Waals surface area contributed by atoms with Crippen LogP contribution in [0.4, 0.5) is 0 Å². The predicted molar refractivity (Wildman–Crippen MR) is 145 cm³/mol. The minimum Gasteiger partial charge on any atom is -0.466 e. The van der Waals surface area contributed by atoms with E-state index in [1.54, 1.807) is 19.1 Å². The Morgan fingerprint density at radius 1 is 0.889 bits per heavy atom. The van der Waals surface area contributed by atoms with Crippen molar-refractivity contribution in [1.29, 1.82) is 0 Å². The molecule has 0 fully saturated rings. The van der Waals surface area contributed by atoms with E-state index in [2.05, 4.69) is 27.7 Å². The molecular formula is C32H38O4. The van der Waals surface area contributed by atoms with E-state index in [-0.39, 0.29) is 18.0 Å². The molecule has 1 unspecified atom stereocenters. The lowest BCUT2D eigenvalue weighted by molar-refractivity contribution is -0.145. The lowest BCUT2D eigenvalue weighted by Gasteiger charge is -2.26. The van der Waals surface area contributed by atoms with Crippen molar-refractivity contribution < 1.29 is 19.1 Å². The SMILES string of the molecule is CCCc1ccc(C(=O)Oc2c(C)cc(C(C)(C)C)cc2C(Cc2ccccc2)C(=O)OCC)cc1. The number of rotatable bonds is 9. The van der Waals surface area contributed by atoms with Crippen LogP contribution in [0.25, 0.3) is 0 Å². The first-order chi connectivity index (χ1) is 17.1. The summed E-state index contributed by atoms with van der Waals surface area (Å²) in [5, 5.41) is 0. The first-order valence-electron chi connectivity index (χ1n) is 12.8. The molecule has 0 bridgehead atoms. The zero-order valence-electron chi connectivity index (χ0n) is 22.4. The number of ether oxygens (including phenoxy) is 2. The van der Waals surface area contributed by atoms with Gasteiger partial charge in [0, 0.05) is 5.56 Å². The van der Waals surface area contributed by atoms with Crippen LogP contribution in [-0.2, 0) is 27.8 Å². The number of hydrogen-bond acceptors (Lipinski definition) is 4. The molecular weight excluding hydrogens is 448 g/mol. The number of hydrogen-bond donors (Lipinski definition) is 0. The fraction of sp³-hybridized carbons (Fsp3) is 0.375. The van der Waals surface area contributed by atoms with Crippen molar-refractivity contribution in [2.45, 2.75) is 72.1 Å². The van der Waals surface area contributed by atoms with Gasteiger partial charge in [-0.2, -0.15) is 0 Å². The minimum absolute atomic E-state index is 0.150. The van der Waals surface area contributed by atoms with E-state index in [9.17, 15) is 9.59 Å². The summed E-state index contributed by atoms with van der Waals surface area (Å²) in [6.45, 7) is 12.5. The van der Waals surface area contributed by atoms with Crippen LogP contribution in [0, 0.1) is 6.92 Å². The molecule has 0 heterocycles. The lowest BCUT2D eigenvalue weighted by Crippen LogP contribution is -2.22. The topological polar surface area (TPSA) is 52.6 Å². The van der Waals surface area contributed by atoms with E-state index in [1.807, 2.05) is 61.5 Å². The number of aryl methyl sites for hydroxylation is 2. The van der Waals surface area contributed by atoms with Gasteiger partial charge >= 0.3 is 11.9 Å². The van der Waals surface area contributed by atoms with Crippen molar-refractivity contribution >= 4 is 11.9 Å². The molecule has 0 radical (unpaired) electrons. The molecule has 36 heavy (non-hydrogen) atoms. The van der Waals surface area contributed by atoms with Gasteiger partial charge in [0.15, 0.2) is 0 Å². The fourth-order valence-corrected chi connectivity index (χ4v) is 4.29. The van der Waals surface area contributed by atoms with Crippen molar-refractivity contribution in [2.75, 3.05) is 6.61 Å². The molecule has 0 spiro atoms. The van der Waals surface area contributed by atoms with Gasteiger partial charge in [0.05, 0.1) is 18.1 Å². The van der Waals surface area contributed by atoms with Crippen molar-refractivity contribution in [3.8, 4) is 5.75 Å². The van der Waals surface area contributed by atoms with Gasteiger partial charge in [-0.15, -0.1) is 0 Å². The molecule has 3 rings (SSSR count). The van der Waals surface area contributed by atoms with Crippen LogP contribution in [0.5, 0.6) is 5.75 Å². The third-order valence-electron chi connectivity index (χ3n) is 6.32. The molecule has 0 aliphatic rings. The summed E-state index contributed by atoms with van der Waals surface area (Å²) in [5.41, 5.74) is 5.10. The molecule has 0 aromatic heterocycles. The highest BCUT2D eigenvalue weighted by atomic mass is 16.5. The average Bonchev–Trinajstić information content (AvgIpc) is 2.84. The van der Waals surface area contributed by atoms with Crippen LogP contribution >= 0.6 is 0 Å². The van der Waals surface area contributed by atoms with Gasteiger partial charge in [0.1, 0.15) is 5.75 Å². The van der Waals surface area contributed by atoms with Gasteiger partial charge in [-0.3, -0.25) is 4.79 Å². The normalized spacial score (nSPS) is 12.2. The van der Waals surface area contributed by atoms with Crippen LogP contribution < -0.4 is 4.74 Å². The Morgan fingerprint density at radius 2 is 1.56 bits per heavy atom. The largest absolute Gasteiger partial charge is 0.466 e. The van der Waals surface area contributed by atoms with Gasteiger partial charge in [0.25, 0.3) is 0 Å². The molecule has 3 aromatic rings. The van der Waals surface area contributed by atoms with E-state index in [0.29, 0.717) is 23.3 Å². The third kappa shape index (κ3) is 6.84. The van der Waals surface area contributed by atoms with Gasteiger partial charge in [0.2, 0.25) is 0 Å². The monoisotopic (exact) mass is 486 g/mol. The molecule has 0 aliphatic carbocycles. The maximum Gasteiger partial charge on any atom is 0.343 e. The fourth-order valence-electron chi connectivity index (χ4n) is 4.29. The summed E-state index contributed by atoms with van der Waals surface area (Å²) in [6, 6.07) is 21.4. The van der Waals surface area contributed by atoms with E-state index in [1.165, 1.54) is 5.56 Å². The van der Waals surface area contributed by atoms with E-state index in [4.69, 9.17) is 9.47 Å². The second kappa shape index (κ2) is 12.0. The summed E-state index contributed by atoms with van der Waals surface area (Å²) in [4.78, 5) is 26.5. The summed E-state index contributed by atoms with van der Waals surface area (Å²) in [6.07, 6.45) is 2.46. The van der Waals surface area contributed by atoms with Crippen LogP contribution in [0.2, 0.25) is 0 Å². The van der Waals surface area contributed by atoms with E-state index < -0.39 is 11.9 Å². The van der Waals surface area contributed by atoms with E-state index >= 15 is 0 Å². The lowest BCUT2D eigenvalue weighted by atomic mass is 9.81. The Bertz CT molecular complexity index is 1170. The molecule has 190 valence electrons.